The number of nitrogens with one attached hydrogen (secondary N) is 3. The smallest absolute Gasteiger partial charge is 0.260 e. The van der Waals surface area contributed by atoms with Crippen LogP contribution in [0.2, 0.25) is 0 Å². The molecule has 6 N–H and O–H groups in total. The van der Waals surface area contributed by atoms with Gasteiger partial charge in [-0.1, -0.05) is 12.2 Å². The molecule has 9 nitrogen and oxygen atoms in total. The summed E-state index contributed by atoms with van der Waals surface area (Å²) in [7, 11) is 0. The van der Waals surface area contributed by atoms with Crippen LogP contribution in [0.1, 0.15) is 69.2 Å². The van der Waals surface area contributed by atoms with Crippen LogP contribution in [0.4, 0.5) is 11.6 Å². The SMILES string of the molecule is CC(C)(CO)Nc1ccc(C(=O)N/C2=C/C=C\CCCC(N)CN=CN2)c(N2CCC3(CC2)CC3)n1. The van der Waals surface area contributed by atoms with Gasteiger partial charge < -0.3 is 31.7 Å². The fourth-order valence-corrected chi connectivity index (χ4v) is 4.66. The highest BCUT2D eigenvalue weighted by atomic mass is 16.3. The maximum absolute atomic E-state index is 13.5. The molecular weight excluding hydrogens is 454 g/mol. The predicted octanol–water partition coefficient (Wildman–Crippen LogP) is 2.90. The second kappa shape index (κ2) is 11.4. The van der Waals surface area contributed by atoms with E-state index in [2.05, 4.69) is 31.9 Å². The molecule has 1 atom stereocenters. The van der Waals surface area contributed by atoms with Crippen molar-refractivity contribution in [2.75, 3.05) is 36.5 Å². The normalized spacial score (nSPS) is 24.5. The Morgan fingerprint density at radius 3 is 2.78 bits per heavy atom. The van der Waals surface area contributed by atoms with Crippen LogP contribution < -0.4 is 26.6 Å². The van der Waals surface area contributed by atoms with Crippen molar-refractivity contribution in [1.29, 1.82) is 0 Å². The fourth-order valence-electron chi connectivity index (χ4n) is 4.66. The summed E-state index contributed by atoms with van der Waals surface area (Å²) < 4.78 is 0. The molecule has 1 aromatic heterocycles. The average molecular weight is 496 g/mol. The molecule has 196 valence electrons. The quantitative estimate of drug-likeness (QED) is 0.410. The number of nitrogens with zero attached hydrogens (tertiary/aromatic N) is 3. The van der Waals surface area contributed by atoms with Gasteiger partial charge in [-0.3, -0.25) is 9.79 Å². The number of aromatic nitrogens is 1. The monoisotopic (exact) mass is 495 g/mol. The molecular formula is C27H41N7O2. The second-order valence-electron chi connectivity index (χ2n) is 11.0. The molecule has 0 aromatic carbocycles. The Hall–Kier alpha value is -2.91. The van der Waals surface area contributed by atoms with Crippen molar-refractivity contribution in [2.24, 2.45) is 16.1 Å². The molecule has 0 bridgehead atoms. The number of carbonyl (C=O) groups is 1. The van der Waals surface area contributed by atoms with E-state index >= 15 is 0 Å². The lowest BCUT2D eigenvalue weighted by Gasteiger charge is -2.34. The van der Waals surface area contributed by atoms with E-state index in [0.29, 0.717) is 35.0 Å². The molecule has 2 aliphatic heterocycles. The number of hydrogen-bond acceptors (Lipinski definition) is 8. The lowest BCUT2D eigenvalue weighted by atomic mass is 9.93. The Morgan fingerprint density at radius 1 is 1.28 bits per heavy atom. The largest absolute Gasteiger partial charge is 0.394 e. The molecule has 4 rings (SSSR count). The van der Waals surface area contributed by atoms with Crippen molar-refractivity contribution in [3.8, 4) is 0 Å². The zero-order valence-corrected chi connectivity index (χ0v) is 21.6. The molecule has 9 heteroatoms. The zero-order valence-electron chi connectivity index (χ0n) is 21.6. The van der Waals surface area contributed by atoms with Crippen LogP contribution in [0.15, 0.2) is 41.2 Å². The van der Waals surface area contributed by atoms with Crippen molar-refractivity contribution in [3.05, 3.63) is 41.7 Å². The maximum atomic E-state index is 13.5. The Morgan fingerprint density at radius 2 is 2.06 bits per heavy atom. The summed E-state index contributed by atoms with van der Waals surface area (Å²) in [5.41, 5.74) is 6.61. The summed E-state index contributed by atoms with van der Waals surface area (Å²) in [6.07, 6.45) is 15.2. The summed E-state index contributed by atoms with van der Waals surface area (Å²) in [6, 6.07) is 3.65. The Bertz CT molecular complexity index is 1000. The van der Waals surface area contributed by atoms with Gasteiger partial charge in [-0.15, -0.1) is 0 Å². The number of piperidine rings is 1. The van der Waals surface area contributed by atoms with Crippen molar-refractivity contribution in [1.82, 2.24) is 15.6 Å². The molecule has 1 aromatic rings. The molecule has 1 unspecified atom stereocenters. The van der Waals surface area contributed by atoms with E-state index in [-0.39, 0.29) is 18.6 Å². The number of aliphatic imine (C=N–C) groups is 1. The van der Waals surface area contributed by atoms with Crippen LogP contribution in [0, 0.1) is 5.41 Å². The van der Waals surface area contributed by atoms with E-state index in [1.165, 1.54) is 12.8 Å². The summed E-state index contributed by atoms with van der Waals surface area (Å²) in [6.45, 7) is 6.11. The first kappa shape index (κ1) is 26.2. The van der Waals surface area contributed by atoms with Crippen LogP contribution >= 0.6 is 0 Å². The minimum Gasteiger partial charge on any atom is -0.394 e. The molecule has 36 heavy (non-hydrogen) atoms. The molecule has 1 saturated carbocycles. The lowest BCUT2D eigenvalue weighted by Crippen LogP contribution is -2.39. The minimum absolute atomic E-state index is 0.0295. The van der Waals surface area contributed by atoms with Gasteiger partial charge in [0.25, 0.3) is 5.91 Å². The number of rotatable bonds is 6. The minimum atomic E-state index is -0.523. The Balaban J connectivity index is 1.55. The lowest BCUT2D eigenvalue weighted by molar-refractivity contribution is 0.0964. The molecule has 2 fully saturated rings. The molecule has 1 spiro atoms. The van der Waals surface area contributed by atoms with Crippen LogP contribution in [0.5, 0.6) is 0 Å². The van der Waals surface area contributed by atoms with Gasteiger partial charge in [0.1, 0.15) is 17.5 Å². The van der Waals surface area contributed by atoms with E-state index in [1.807, 2.05) is 32.1 Å². The summed E-state index contributed by atoms with van der Waals surface area (Å²) in [4.78, 5) is 24.9. The average Bonchev–Trinajstić information content (AvgIpc) is 3.61. The number of pyridine rings is 1. The van der Waals surface area contributed by atoms with Gasteiger partial charge in [0.2, 0.25) is 0 Å². The molecule has 1 aliphatic carbocycles. The van der Waals surface area contributed by atoms with Crippen molar-refractivity contribution >= 4 is 23.9 Å². The first-order chi connectivity index (χ1) is 17.3. The van der Waals surface area contributed by atoms with E-state index < -0.39 is 5.54 Å². The third-order valence-electron chi connectivity index (χ3n) is 7.31. The number of hydrogen-bond donors (Lipinski definition) is 5. The van der Waals surface area contributed by atoms with Gasteiger partial charge in [-0.05, 0) is 82.4 Å². The highest BCUT2D eigenvalue weighted by molar-refractivity contribution is 6.00. The van der Waals surface area contributed by atoms with Gasteiger partial charge in [0, 0.05) is 19.1 Å². The predicted molar refractivity (Wildman–Crippen MR) is 145 cm³/mol. The molecule has 3 heterocycles. The third-order valence-corrected chi connectivity index (χ3v) is 7.31. The van der Waals surface area contributed by atoms with Crippen molar-refractivity contribution in [3.63, 3.8) is 0 Å². The standard InChI is InChI=1S/C27H41N7O2/c1-26(2,18-35)33-23-10-9-21(24(31-23)34-15-13-27(11-12-27)14-16-34)25(36)32-22-8-6-4-3-5-7-20(28)17-29-19-30-22/h4,6,8-10,19-20,35H,3,5,7,11-18,28H2,1-2H3,(H,29,30)(H,31,33)(H,32,36)/b6-4-,22-8+. The number of allylic oxidation sites excluding steroid dienone is 3. The summed E-state index contributed by atoms with van der Waals surface area (Å²) in [5, 5.41) is 19.1. The van der Waals surface area contributed by atoms with Gasteiger partial charge in [-0.25, -0.2) is 4.98 Å². The number of aliphatic hydroxyl groups excluding tert-OH is 1. The highest BCUT2D eigenvalue weighted by Crippen LogP contribution is 2.54. The molecule has 1 saturated heterocycles. The number of anilines is 2. The van der Waals surface area contributed by atoms with Gasteiger partial charge in [0.15, 0.2) is 0 Å². The first-order valence-electron chi connectivity index (χ1n) is 13.1. The van der Waals surface area contributed by atoms with E-state index in [0.717, 1.165) is 45.2 Å². The molecule has 0 radical (unpaired) electrons. The van der Waals surface area contributed by atoms with Crippen molar-refractivity contribution in [2.45, 2.75) is 70.4 Å². The summed E-state index contributed by atoms with van der Waals surface area (Å²) >= 11 is 0. The van der Waals surface area contributed by atoms with Crippen LogP contribution in [-0.2, 0) is 0 Å². The van der Waals surface area contributed by atoms with E-state index in [1.54, 1.807) is 12.4 Å². The van der Waals surface area contributed by atoms with Gasteiger partial charge in [0.05, 0.1) is 30.6 Å². The number of aliphatic hydroxyl groups is 1. The number of nitrogens with two attached hydrogens (primary N) is 1. The highest BCUT2D eigenvalue weighted by Gasteiger charge is 2.45. The van der Waals surface area contributed by atoms with E-state index in [4.69, 9.17) is 10.7 Å². The zero-order chi connectivity index (χ0) is 25.6. The number of amides is 1. The Kier molecular flexibility index (Phi) is 8.31. The second-order valence-corrected chi connectivity index (χ2v) is 11.0. The molecule has 3 aliphatic rings. The van der Waals surface area contributed by atoms with Crippen LogP contribution in [-0.4, -0.2) is 60.2 Å². The van der Waals surface area contributed by atoms with E-state index in [9.17, 15) is 9.90 Å². The Labute approximate surface area is 214 Å². The van der Waals surface area contributed by atoms with Crippen LogP contribution in [0.25, 0.3) is 0 Å². The van der Waals surface area contributed by atoms with Gasteiger partial charge >= 0.3 is 0 Å². The van der Waals surface area contributed by atoms with Crippen LogP contribution in [0.3, 0.4) is 0 Å². The number of carbonyl (C=O) groups excluding carboxylic acids is 1. The topological polar surface area (TPSA) is 128 Å². The maximum Gasteiger partial charge on any atom is 0.260 e. The van der Waals surface area contributed by atoms with Gasteiger partial charge in [-0.2, -0.15) is 0 Å². The first-order valence-corrected chi connectivity index (χ1v) is 13.1. The fraction of sp³-hybridized carbons (Fsp3) is 0.593. The summed E-state index contributed by atoms with van der Waals surface area (Å²) in [5.74, 6) is 1.62. The molecule has 1 amide bonds. The van der Waals surface area contributed by atoms with Crippen molar-refractivity contribution < 1.29 is 9.90 Å². The third kappa shape index (κ3) is 7.07.